The number of hydrogen-bond donors (Lipinski definition) is 0. The van der Waals surface area contributed by atoms with E-state index < -0.39 is 0 Å². The molecule has 2 heteroatoms. The van der Waals surface area contributed by atoms with Crippen LogP contribution in [0.4, 0.5) is 0 Å². The second-order valence-corrected chi connectivity index (χ2v) is 4.03. The van der Waals surface area contributed by atoms with Crippen LogP contribution >= 0.6 is 0 Å². The van der Waals surface area contributed by atoms with E-state index in [0.29, 0.717) is 0 Å². The summed E-state index contributed by atoms with van der Waals surface area (Å²) in [6.07, 6.45) is 1.14. The van der Waals surface area contributed by atoms with Gasteiger partial charge in [-0.05, 0) is 0 Å². The summed E-state index contributed by atoms with van der Waals surface area (Å²) in [7, 11) is 0. The third kappa shape index (κ3) is 6.91. The summed E-state index contributed by atoms with van der Waals surface area (Å²) in [5.74, 6) is 0. The van der Waals surface area contributed by atoms with Gasteiger partial charge in [0.15, 0.2) is 0 Å². The normalized spacial score (nSPS) is 8.00. The van der Waals surface area contributed by atoms with Gasteiger partial charge >= 0.3 is 62.7 Å². The zero-order valence-electron chi connectivity index (χ0n) is 4.60. The van der Waals surface area contributed by atoms with Crippen molar-refractivity contribution < 1.29 is 34.0 Å². The second-order valence-electron chi connectivity index (χ2n) is 1.65. The average molecular weight is 170 g/mol. The molecule has 38 valence electrons. The van der Waals surface area contributed by atoms with Crippen molar-refractivity contribution in [2.45, 2.75) is 20.3 Å². The average Bonchev–Trinajstić information content (AvgIpc) is 1.27. The van der Waals surface area contributed by atoms with Gasteiger partial charge in [0.2, 0.25) is 0 Å². The van der Waals surface area contributed by atoms with Crippen LogP contribution in [0.15, 0.2) is 0 Å². The summed E-state index contributed by atoms with van der Waals surface area (Å²) in [6.45, 7) is 4.24. The fraction of sp³-hybridized carbons (Fsp3) is 0.600. The Labute approximate surface area is 62.7 Å². The summed E-state index contributed by atoms with van der Waals surface area (Å²) in [5, 5.41) is 0. The topological polar surface area (TPSA) is 0 Å². The minimum atomic E-state index is 1.14. The van der Waals surface area contributed by atoms with Crippen molar-refractivity contribution >= 4 is 8.45 Å². The Morgan fingerprint density at radius 1 is 1.14 bits per heavy atom. The van der Waals surface area contributed by atoms with Gasteiger partial charge < -0.3 is 0 Å². The Morgan fingerprint density at radius 2 is 1.43 bits per heavy atom. The van der Waals surface area contributed by atoms with E-state index in [0.717, 1.165) is 6.42 Å². The molecule has 0 bridgehead atoms. The van der Waals surface area contributed by atoms with Gasteiger partial charge in [-0.2, -0.15) is 0 Å². The molecule has 0 atom stereocenters. The van der Waals surface area contributed by atoms with E-state index >= 15 is 0 Å². The summed E-state index contributed by atoms with van der Waals surface area (Å²) in [4.78, 5) is 0. The van der Waals surface area contributed by atoms with E-state index in [1.54, 1.807) is 0 Å². The van der Waals surface area contributed by atoms with Gasteiger partial charge in [0.1, 0.15) is 0 Å². The fourth-order valence-corrected chi connectivity index (χ4v) is 1.43. The standard InChI is InChI=1S/C5H8.2V/c1-3-5-4-2;;/h5H2,1-2H3;;. The molecule has 0 fully saturated rings. The first-order valence-electron chi connectivity index (χ1n) is 2.15. The van der Waals surface area contributed by atoms with E-state index in [1.807, 2.05) is 0 Å². The van der Waals surface area contributed by atoms with Crippen LogP contribution in [0, 0.1) is 0 Å². The molecule has 0 saturated heterocycles. The Hall–Kier alpha value is 0.909. The predicted molar refractivity (Wildman–Crippen MR) is 26.0 cm³/mol. The van der Waals surface area contributed by atoms with Crippen molar-refractivity contribution in [2.75, 3.05) is 0 Å². The minimum absolute atomic E-state index is 1.14. The molecule has 0 saturated carbocycles. The van der Waals surface area contributed by atoms with Crippen molar-refractivity contribution in [2.24, 2.45) is 0 Å². The molecule has 0 nitrogen and oxygen atoms in total. The molecular weight excluding hydrogens is 162 g/mol. The first kappa shape index (κ1) is 7.91. The quantitative estimate of drug-likeness (QED) is 0.576. The SMILES string of the molecule is C[C](=[V])C[C](C)=[V]. The molecule has 0 spiro atoms. The molecule has 0 unspecified atom stereocenters. The van der Waals surface area contributed by atoms with Crippen LogP contribution in [0.25, 0.3) is 0 Å². The molecule has 0 radical (unpaired) electrons. The van der Waals surface area contributed by atoms with Gasteiger partial charge in [0.25, 0.3) is 0 Å². The Kier molecular flexibility index (Phi) is 4.36. The first-order valence-corrected chi connectivity index (χ1v) is 3.55. The van der Waals surface area contributed by atoms with Gasteiger partial charge in [0.05, 0.1) is 0 Å². The van der Waals surface area contributed by atoms with Crippen molar-refractivity contribution in [3.8, 4) is 0 Å². The van der Waals surface area contributed by atoms with E-state index in [1.165, 1.54) is 8.45 Å². The van der Waals surface area contributed by atoms with Crippen molar-refractivity contribution in [3.05, 3.63) is 0 Å². The molecule has 0 rings (SSSR count). The summed E-state index contributed by atoms with van der Waals surface area (Å²) < 4.78 is 2.84. The molecule has 0 N–H and O–H groups in total. The van der Waals surface area contributed by atoms with Crippen molar-refractivity contribution in [1.82, 2.24) is 0 Å². The summed E-state index contributed by atoms with van der Waals surface area (Å²) in [6, 6.07) is 0. The maximum atomic E-state index is 2.55. The van der Waals surface area contributed by atoms with E-state index in [9.17, 15) is 0 Å². The Balaban J connectivity index is 3.32. The fourth-order valence-electron chi connectivity index (χ4n) is 0.370. The molecule has 0 aliphatic heterocycles. The number of rotatable bonds is 2. The molecular formula is C5H8V2. The third-order valence-electron chi connectivity index (χ3n) is 0.512. The molecule has 7 heavy (non-hydrogen) atoms. The second kappa shape index (κ2) is 3.86. The molecule has 0 aromatic carbocycles. The van der Waals surface area contributed by atoms with Crippen molar-refractivity contribution in [1.29, 1.82) is 0 Å². The van der Waals surface area contributed by atoms with Crippen LogP contribution in [-0.4, -0.2) is 8.45 Å². The third-order valence-corrected chi connectivity index (χ3v) is 1.01. The Morgan fingerprint density at radius 3 is 1.43 bits per heavy atom. The van der Waals surface area contributed by atoms with Gasteiger partial charge in [-0.3, -0.25) is 0 Å². The van der Waals surface area contributed by atoms with Crippen LogP contribution in [0.5, 0.6) is 0 Å². The van der Waals surface area contributed by atoms with Crippen LogP contribution in [-0.2, 0) is 34.0 Å². The van der Waals surface area contributed by atoms with Gasteiger partial charge in [-0.25, -0.2) is 0 Å². The Bertz CT molecular complexity index is 82.3. The zero-order valence-corrected chi connectivity index (χ0v) is 7.39. The summed E-state index contributed by atoms with van der Waals surface area (Å²) in [5.41, 5.74) is 0. The molecule has 0 aliphatic carbocycles. The van der Waals surface area contributed by atoms with E-state index in [2.05, 4.69) is 47.8 Å². The first-order chi connectivity index (χ1) is 3.13. The monoisotopic (exact) mass is 170 g/mol. The van der Waals surface area contributed by atoms with Gasteiger partial charge in [-0.1, -0.05) is 0 Å². The zero-order chi connectivity index (χ0) is 5.86. The van der Waals surface area contributed by atoms with Crippen LogP contribution in [0.2, 0.25) is 0 Å². The molecule has 0 aromatic rings. The number of hydrogen-bond acceptors (Lipinski definition) is 0. The van der Waals surface area contributed by atoms with Crippen LogP contribution in [0.3, 0.4) is 0 Å². The van der Waals surface area contributed by atoms with Gasteiger partial charge in [-0.15, -0.1) is 0 Å². The van der Waals surface area contributed by atoms with Crippen molar-refractivity contribution in [3.63, 3.8) is 0 Å². The summed E-state index contributed by atoms with van der Waals surface area (Å²) >= 11 is 5.11. The van der Waals surface area contributed by atoms with Crippen LogP contribution < -0.4 is 0 Å². The molecule has 0 heterocycles. The molecule has 0 aliphatic rings. The molecule has 0 aromatic heterocycles. The van der Waals surface area contributed by atoms with Crippen LogP contribution in [0.1, 0.15) is 20.3 Å². The van der Waals surface area contributed by atoms with Gasteiger partial charge in [0, 0.05) is 0 Å². The maximum absolute atomic E-state index is 2.55. The van der Waals surface area contributed by atoms with E-state index in [4.69, 9.17) is 0 Å². The van der Waals surface area contributed by atoms with E-state index in [-0.39, 0.29) is 0 Å². The predicted octanol–water partition coefficient (Wildman–Crippen LogP) is 0.855. The molecule has 0 amide bonds.